The molecule has 2 nitrogen and oxygen atoms in total. The van der Waals surface area contributed by atoms with Crippen LogP contribution in [0.4, 0.5) is 0 Å². The second kappa shape index (κ2) is 7.80. The summed E-state index contributed by atoms with van der Waals surface area (Å²) in [5.74, 6) is 0. The van der Waals surface area contributed by atoms with E-state index in [4.69, 9.17) is 0 Å². The molecule has 2 heteroatoms. The number of hydrogen-bond donors (Lipinski definition) is 1. The molecule has 1 aromatic rings. The van der Waals surface area contributed by atoms with Crippen molar-refractivity contribution in [1.29, 1.82) is 0 Å². The Balaban J connectivity index is 1.85. The normalized spacial score (nSPS) is 18.4. The molecule has 0 amide bonds. The molecule has 0 radical (unpaired) electrons. The largest absolute Gasteiger partial charge is 0.313 e. The van der Waals surface area contributed by atoms with Crippen LogP contribution in [-0.2, 0) is 0 Å². The first-order valence-corrected chi connectivity index (χ1v) is 8.15. The first-order chi connectivity index (χ1) is 9.70. The number of nitrogens with one attached hydrogen (secondary N) is 1. The van der Waals surface area contributed by atoms with Crippen molar-refractivity contribution in [3.8, 4) is 0 Å². The molecular formula is C18H30N2. The summed E-state index contributed by atoms with van der Waals surface area (Å²) in [4.78, 5) is 2.58. The van der Waals surface area contributed by atoms with Gasteiger partial charge in [-0.15, -0.1) is 0 Å². The zero-order chi connectivity index (χ0) is 14.4. The van der Waals surface area contributed by atoms with Crippen LogP contribution in [-0.4, -0.2) is 31.6 Å². The SMILES string of the molecule is CNC(CCN(C)C1CCCCC1)c1ccc(C)cc1. The Kier molecular flexibility index (Phi) is 6.06. The van der Waals surface area contributed by atoms with E-state index < -0.39 is 0 Å². The lowest BCUT2D eigenvalue weighted by molar-refractivity contribution is 0.184. The van der Waals surface area contributed by atoms with Gasteiger partial charge in [0.2, 0.25) is 0 Å². The van der Waals surface area contributed by atoms with Gasteiger partial charge in [-0.1, -0.05) is 49.1 Å². The predicted molar refractivity (Wildman–Crippen MR) is 87.1 cm³/mol. The number of nitrogens with zero attached hydrogens (tertiary/aromatic N) is 1. The smallest absolute Gasteiger partial charge is 0.0329 e. The molecule has 0 spiro atoms. The summed E-state index contributed by atoms with van der Waals surface area (Å²) >= 11 is 0. The Hall–Kier alpha value is -0.860. The molecule has 0 aliphatic heterocycles. The number of hydrogen-bond acceptors (Lipinski definition) is 2. The number of rotatable bonds is 6. The summed E-state index contributed by atoms with van der Waals surface area (Å²) in [5, 5.41) is 3.47. The molecule has 0 heterocycles. The highest BCUT2D eigenvalue weighted by Gasteiger charge is 2.19. The third-order valence-electron chi connectivity index (χ3n) is 4.80. The highest BCUT2D eigenvalue weighted by Crippen LogP contribution is 2.23. The van der Waals surface area contributed by atoms with Crippen molar-refractivity contribution >= 4 is 0 Å². The van der Waals surface area contributed by atoms with Crippen LogP contribution >= 0.6 is 0 Å². The molecule has 1 N–H and O–H groups in total. The van der Waals surface area contributed by atoms with Crippen LogP contribution in [0.15, 0.2) is 24.3 Å². The topological polar surface area (TPSA) is 15.3 Å². The van der Waals surface area contributed by atoms with Crippen LogP contribution in [0.2, 0.25) is 0 Å². The van der Waals surface area contributed by atoms with E-state index in [1.54, 1.807) is 0 Å². The van der Waals surface area contributed by atoms with E-state index in [1.807, 2.05) is 0 Å². The second-order valence-corrected chi connectivity index (χ2v) is 6.31. The van der Waals surface area contributed by atoms with Gasteiger partial charge in [0, 0.05) is 12.1 Å². The lowest BCUT2D eigenvalue weighted by Crippen LogP contribution is -2.35. The van der Waals surface area contributed by atoms with Gasteiger partial charge >= 0.3 is 0 Å². The molecule has 0 bridgehead atoms. The average molecular weight is 274 g/mol. The third-order valence-corrected chi connectivity index (χ3v) is 4.80. The molecule has 1 aliphatic rings. The molecular weight excluding hydrogens is 244 g/mol. The van der Waals surface area contributed by atoms with Crippen molar-refractivity contribution in [2.75, 3.05) is 20.6 Å². The van der Waals surface area contributed by atoms with Gasteiger partial charge in [0.05, 0.1) is 0 Å². The Morgan fingerprint density at radius 1 is 1.15 bits per heavy atom. The van der Waals surface area contributed by atoms with Crippen molar-refractivity contribution < 1.29 is 0 Å². The van der Waals surface area contributed by atoms with Gasteiger partial charge < -0.3 is 10.2 Å². The lowest BCUT2D eigenvalue weighted by Gasteiger charge is -2.32. The van der Waals surface area contributed by atoms with E-state index in [0.29, 0.717) is 6.04 Å². The van der Waals surface area contributed by atoms with Gasteiger partial charge in [0.1, 0.15) is 0 Å². The van der Waals surface area contributed by atoms with E-state index in [0.717, 1.165) is 6.04 Å². The fourth-order valence-electron chi connectivity index (χ4n) is 3.31. The van der Waals surface area contributed by atoms with E-state index >= 15 is 0 Å². The Labute approximate surface area is 124 Å². The molecule has 1 atom stereocenters. The van der Waals surface area contributed by atoms with Crippen LogP contribution < -0.4 is 5.32 Å². The molecule has 1 fully saturated rings. The summed E-state index contributed by atoms with van der Waals surface area (Å²) < 4.78 is 0. The summed E-state index contributed by atoms with van der Waals surface area (Å²) in [6, 6.07) is 10.2. The van der Waals surface area contributed by atoms with Crippen LogP contribution in [0.5, 0.6) is 0 Å². The van der Waals surface area contributed by atoms with Crippen LogP contribution in [0.1, 0.15) is 55.7 Å². The van der Waals surface area contributed by atoms with E-state index in [9.17, 15) is 0 Å². The molecule has 0 saturated heterocycles. The molecule has 112 valence electrons. The minimum Gasteiger partial charge on any atom is -0.313 e. The Bertz CT molecular complexity index is 379. The monoisotopic (exact) mass is 274 g/mol. The minimum absolute atomic E-state index is 0.474. The highest BCUT2D eigenvalue weighted by atomic mass is 15.1. The Morgan fingerprint density at radius 3 is 2.40 bits per heavy atom. The molecule has 1 unspecified atom stereocenters. The fraction of sp³-hybridized carbons (Fsp3) is 0.667. The quantitative estimate of drug-likeness (QED) is 0.846. The molecule has 1 aliphatic carbocycles. The first kappa shape index (κ1) is 15.5. The lowest BCUT2D eigenvalue weighted by atomic mass is 9.94. The summed E-state index contributed by atoms with van der Waals surface area (Å²) in [6.07, 6.45) is 8.25. The van der Waals surface area contributed by atoms with Gasteiger partial charge in [-0.25, -0.2) is 0 Å². The molecule has 1 saturated carbocycles. The fourth-order valence-corrected chi connectivity index (χ4v) is 3.31. The second-order valence-electron chi connectivity index (χ2n) is 6.31. The van der Waals surface area contributed by atoms with Gasteiger partial charge in [0.25, 0.3) is 0 Å². The summed E-state index contributed by atoms with van der Waals surface area (Å²) in [7, 11) is 4.38. The molecule has 0 aromatic heterocycles. The van der Waals surface area contributed by atoms with Crippen molar-refractivity contribution in [2.24, 2.45) is 0 Å². The van der Waals surface area contributed by atoms with Gasteiger partial charge in [0.15, 0.2) is 0 Å². The van der Waals surface area contributed by atoms with Crippen molar-refractivity contribution in [3.63, 3.8) is 0 Å². The maximum absolute atomic E-state index is 3.47. The van der Waals surface area contributed by atoms with Gasteiger partial charge in [-0.3, -0.25) is 0 Å². The van der Waals surface area contributed by atoms with Gasteiger partial charge in [-0.2, -0.15) is 0 Å². The zero-order valence-electron chi connectivity index (χ0n) is 13.4. The maximum Gasteiger partial charge on any atom is 0.0329 e. The van der Waals surface area contributed by atoms with E-state index in [1.165, 1.54) is 56.2 Å². The molecule has 1 aromatic carbocycles. The van der Waals surface area contributed by atoms with Crippen molar-refractivity contribution in [2.45, 2.75) is 57.5 Å². The van der Waals surface area contributed by atoms with Crippen LogP contribution in [0.25, 0.3) is 0 Å². The van der Waals surface area contributed by atoms with E-state index in [-0.39, 0.29) is 0 Å². The number of benzene rings is 1. The standard InChI is InChI=1S/C18H30N2/c1-15-9-11-16(12-10-15)18(19-2)13-14-20(3)17-7-5-4-6-8-17/h9-12,17-19H,4-8,13-14H2,1-3H3. The average Bonchev–Trinajstić information content (AvgIpc) is 2.50. The number of aryl methyl sites for hydroxylation is 1. The minimum atomic E-state index is 0.474. The van der Waals surface area contributed by atoms with Crippen LogP contribution in [0, 0.1) is 6.92 Å². The molecule has 20 heavy (non-hydrogen) atoms. The van der Waals surface area contributed by atoms with Gasteiger partial charge in [-0.05, 0) is 52.4 Å². The van der Waals surface area contributed by atoms with Crippen LogP contribution in [0.3, 0.4) is 0 Å². The van der Waals surface area contributed by atoms with E-state index in [2.05, 4.69) is 55.5 Å². The summed E-state index contributed by atoms with van der Waals surface area (Å²) in [5.41, 5.74) is 2.75. The summed E-state index contributed by atoms with van der Waals surface area (Å²) in [6.45, 7) is 3.33. The van der Waals surface area contributed by atoms with Crippen molar-refractivity contribution in [1.82, 2.24) is 10.2 Å². The third kappa shape index (κ3) is 4.32. The highest BCUT2D eigenvalue weighted by molar-refractivity contribution is 5.24. The predicted octanol–water partition coefficient (Wildman–Crippen LogP) is 3.91. The zero-order valence-corrected chi connectivity index (χ0v) is 13.4. The van der Waals surface area contributed by atoms with Crippen molar-refractivity contribution in [3.05, 3.63) is 35.4 Å². The Morgan fingerprint density at radius 2 is 1.80 bits per heavy atom. The molecule has 2 rings (SSSR count). The first-order valence-electron chi connectivity index (χ1n) is 8.15. The maximum atomic E-state index is 3.47.